The number of carbonyl (C=O) groups excluding carboxylic acids is 1. The van der Waals surface area contributed by atoms with E-state index in [-0.39, 0.29) is 11.5 Å². The summed E-state index contributed by atoms with van der Waals surface area (Å²) < 4.78 is 6.51. The lowest BCUT2D eigenvalue weighted by atomic mass is 9.92. The van der Waals surface area contributed by atoms with E-state index in [1.54, 1.807) is 4.57 Å². The minimum absolute atomic E-state index is 0.104. The molecule has 0 atom stereocenters. The number of benzene rings is 1. The maximum absolute atomic E-state index is 11.9. The molecule has 1 heterocycles. The van der Waals surface area contributed by atoms with Crippen molar-refractivity contribution in [3.63, 3.8) is 0 Å². The number of rotatable bonds is 0. The molecule has 2 aromatic rings. The smallest absolute Gasteiger partial charge is 0.418 e. The average molecular weight is 231 g/mol. The molecule has 1 aromatic carbocycles. The number of nitrogens with zero attached hydrogens (tertiary/aromatic N) is 1. The summed E-state index contributed by atoms with van der Waals surface area (Å²) in [5.41, 5.74) is 1.75. The largest absolute Gasteiger partial charge is 0.452 e. The summed E-state index contributed by atoms with van der Waals surface area (Å²) in [6.07, 6.45) is -0.337. The summed E-state index contributed by atoms with van der Waals surface area (Å²) in [5.74, 6) is 0. The average Bonchev–Trinajstić information content (AvgIpc) is 2.67. The van der Waals surface area contributed by atoms with Crippen LogP contribution in [0.25, 0.3) is 10.9 Å². The molecule has 0 fully saturated rings. The second-order valence-corrected chi connectivity index (χ2v) is 5.14. The Morgan fingerprint density at radius 1 is 1.24 bits per heavy atom. The van der Waals surface area contributed by atoms with Gasteiger partial charge in [-0.1, -0.05) is 39.0 Å². The van der Waals surface area contributed by atoms with Crippen molar-refractivity contribution in [2.75, 3.05) is 7.11 Å². The molecule has 17 heavy (non-hydrogen) atoms. The summed E-state index contributed by atoms with van der Waals surface area (Å²) in [5, 5.41) is 1.06. The van der Waals surface area contributed by atoms with Gasteiger partial charge in [0.15, 0.2) is 0 Å². The van der Waals surface area contributed by atoms with Crippen LogP contribution in [0, 0.1) is 0 Å². The van der Waals surface area contributed by atoms with Crippen LogP contribution in [0.2, 0.25) is 0 Å². The third kappa shape index (κ3) is 1.93. The zero-order chi connectivity index (χ0) is 12.6. The van der Waals surface area contributed by atoms with Gasteiger partial charge < -0.3 is 4.74 Å². The van der Waals surface area contributed by atoms with E-state index in [4.69, 9.17) is 4.74 Å². The summed E-state index contributed by atoms with van der Waals surface area (Å²) in [6, 6.07) is 9.88. The highest BCUT2D eigenvalue weighted by atomic mass is 16.5. The third-order valence-electron chi connectivity index (χ3n) is 2.84. The van der Waals surface area contributed by atoms with E-state index in [2.05, 4.69) is 20.8 Å². The maximum atomic E-state index is 11.9. The second kappa shape index (κ2) is 3.91. The zero-order valence-electron chi connectivity index (χ0n) is 10.7. The van der Waals surface area contributed by atoms with E-state index >= 15 is 0 Å². The molecule has 2 rings (SSSR count). The molecule has 0 unspecified atom stereocenters. The van der Waals surface area contributed by atoms with Crippen molar-refractivity contribution in [1.82, 2.24) is 4.57 Å². The molecule has 0 saturated heterocycles. The molecule has 0 N–H and O–H groups in total. The lowest BCUT2D eigenvalue weighted by Crippen LogP contribution is -2.22. The van der Waals surface area contributed by atoms with Crippen LogP contribution in [0.15, 0.2) is 30.3 Å². The first-order valence-corrected chi connectivity index (χ1v) is 5.64. The highest BCUT2D eigenvalue weighted by Crippen LogP contribution is 2.29. The van der Waals surface area contributed by atoms with Crippen LogP contribution >= 0.6 is 0 Å². The Morgan fingerprint density at radius 3 is 2.47 bits per heavy atom. The molecule has 0 amide bonds. The number of aromatic nitrogens is 1. The first kappa shape index (κ1) is 11.7. The first-order chi connectivity index (χ1) is 7.95. The summed E-state index contributed by atoms with van der Waals surface area (Å²) in [4.78, 5) is 11.9. The Bertz CT molecular complexity index is 561. The molecule has 90 valence electrons. The maximum Gasteiger partial charge on any atom is 0.418 e. The Hall–Kier alpha value is -1.77. The van der Waals surface area contributed by atoms with E-state index in [0.717, 1.165) is 16.6 Å². The quantitative estimate of drug-likeness (QED) is 0.694. The van der Waals surface area contributed by atoms with E-state index in [0.29, 0.717) is 0 Å². The monoisotopic (exact) mass is 231 g/mol. The number of carbonyl (C=O) groups is 1. The summed E-state index contributed by atoms with van der Waals surface area (Å²) in [7, 11) is 1.41. The van der Waals surface area contributed by atoms with Crippen molar-refractivity contribution in [2.24, 2.45) is 0 Å². The molecule has 0 spiro atoms. The number of hydrogen-bond donors (Lipinski definition) is 0. The fourth-order valence-corrected chi connectivity index (χ4v) is 1.99. The summed E-state index contributed by atoms with van der Waals surface area (Å²) >= 11 is 0. The van der Waals surface area contributed by atoms with Gasteiger partial charge >= 0.3 is 6.09 Å². The van der Waals surface area contributed by atoms with E-state index in [9.17, 15) is 4.79 Å². The molecule has 0 aliphatic rings. The Balaban J connectivity index is 2.79. The fraction of sp³-hybridized carbons (Fsp3) is 0.357. The normalized spacial score (nSPS) is 11.8. The number of fused-ring (bicyclic) bond motifs is 1. The van der Waals surface area contributed by atoms with Crippen molar-refractivity contribution >= 4 is 17.0 Å². The van der Waals surface area contributed by atoms with Crippen LogP contribution in [-0.2, 0) is 10.2 Å². The Labute approximate surface area is 101 Å². The first-order valence-electron chi connectivity index (χ1n) is 5.64. The molecule has 0 bridgehead atoms. The van der Waals surface area contributed by atoms with Crippen molar-refractivity contribution in [3.05, 3.63) is 36.0 Å². The van der Waals surface area contributed by atoms with Gasteiger partial charge in [-0.15, -0.1) is 0 Å². The third-order valence-corrected chi connectivity index (χ3v) is 2.84. The van der Waals surface area contributed by atoms with Crippen molar-refractivity contribution in [3.8, 4) is 0 Å². The lowest BCUT2D eigenvalue weighted by Gasteiger charge is -2.20. The SMILES string of the molecule is COC(=O)n1c(C(C)(C)C)cc2ccccc21. The highest BCUT2D eigenvalue weighted by Gasteiger charge is 2.24. The van der Waals surface area contributed by atoms with Gasteiger partial charge in [-0.2, -0.15) is 0 Å². The van der Waals surface area contributed by atoms with Crippen LogP contribution in [0.1, 0.15) is 26.5 Å². The Morgan fingerprint density at radius 2 is 1.88 bits per heavy atom. The number of hydrogen-bond acceptors (Lipinski definition) is 2. The lowest BCUT2D eigenvalue weighted by molar-refractivity contribution is 0.172. The molecule has 0 aliphatic heterocycles. The molecular formula is C14H17NO2. The van der Waals surface area contributed by atoms with Gasteiger partial charge in [-0.05, 0) is 12.1 Å². The van der Waals surface area contributed by atoms with Gasteiger partial charge in [0.1, 0.15) is 0 Å². The Kier molecular flexibility index (Phi) is 2.69. The number of para-hydroxylation sites is 1. The molecule has 3 heteroatoms. The van der Waals surface area contributed by atoms with Gasteiger partial charge in [-0.25, -0.2) is 9.36 Å². The van der Waals surface area contributed by atoms with Crippen LogP contribution in [0.4, 0.5) is 4.79 Å². The van der Waals surface area contributed by atoms with Gasteiger partial charge in [0.25, 0.3) is 0 Å². The van der Waals surface area contributed by atoms with Crippen molar-refractivity contribution < 1.29 is 9.53 Å². The van der Waals surface area contributed by atoms with Crippen LogP contribution in [0.5, 0.6) is 0 Å². The molecule has 1 aromatic heterocycles. The van der Waals surface area contributed by atoms with Gasteiger partial charge in [0.05, 0.1) is 12.6 Å². The minimum atomic E-state index is -0.337. The highest BCUT2D eigenvalue weighted by molar-refractivity contribution is 5.91. The van der Waals surface area contributed by atoms with Gasteiger partial charge in [0.2, 0.25) is 0 Å². The van der Waals surface area contributed by atoms with Crippen LogP contribution in [0.3, 0.4) is 0 Å². The fourth-order valence-electron chi connectivity index (χ4n) is 1.99. The molecular weight excluding hydrogens is 214 g/mol. The molecule has 0 saturated carbocycles. The minimum Gasteiger partial charge on any atom is -0.452 e. The molecule has 3 nitrogen and oxygen atoms in total. The predicted molar refractivity (Wildman–Crippen MR) is 68.4 cm³/mol. The topological polar surface area (TPSA) is 31.2 Å². The van der Waals surface area contributed by atoms with Gasteiger partial charge in [-0.3, -0.25) is 0 Å². The van der Waals surface area contributed by atoms with Crippen LogP contribution in [-0.4, -0.2) is 17.8 Å². The van der Waals surface area contributed by atoms with E-state index in [1.807, 2.05) is 30.3 Å². The van der Waals surface area contributed by atoms with Gasteiger partial charge in [0, 0.05) is 16.5 Å². The molecule has 0 aliphatic carbocycles. The summed E-state index contributed by atoms with van der Waals surface area (Å²) in [6.45, 7) is 6.25. The van der Waals surface area contributed by atoms with Crippen molar-refractivity contribution in [1.29, 1.82) is 0 Å². The van der Waals surface area contributed by atoms with Crippen molar-refractivity contribution in [2.45, 2.75) is 26.2 Å². The van der Waals surface area contributed by atoms with E-state index in [1.165, 1.54) is 7.11 Å². The predicted octanol–water partition coefficient (Wildman–Crippen LogP) is 3.55. The van der Waals surface area contributed by atoms with E-state index < -0.39 is 0 Å². The number of ether oxygens (including phenoxy) is 1. The second-order valence-electron chi connectivity index (χ2n) is 5.14. The standard InChI is InChI=1S/C14H17NO2/c1-14(2,3)12-9-10-7-5-6-8-11(10)15(12)13(16)17-4/h5-9H,1-4H3. The molecule has 0 radical (unpaired) electrons. The van der Waals surface area contributed by atoms with Crippen LogP contribution < -0.4 is 0 Å². The number of methoxy groups -OCH3 is 1. The zero-order valence-corrected chi connectivity index (χ0v) is 10.7.